The van der Waals surface area contributed by atoms with Crippen molar-refractivity contribution in [3.63, 3.8) is 0 Å². The topological polar surface area (TPSA) is 17.1 Å². The third-order valence-electron chi connectivity index (χ3n) is 5.92. The number of Topliss-reactive ketones (excluding diaryl/α,β-unsaturated/α-hetero) is 1. The average molecular weight is 324 g/mol. The highest BCUT2D eigenvalue weighted by Crippen LogP contribution is 2.59. The van der Waals surface area contributed by atoms with Crippen molar-refractivity contribution in [1.82, 2.24) is 0 Å². The van der Waals surface area contributed by atoms with Crippen LogP contribution in [-0.4, -0.2) is 5.78 Å². The minimum absolute atomic E-state index is 0.236. The molecule has 3 aliphatic carbocycles. The smallest absolute Gasteiger partial charge is 0.152 e. The molecule has 3 aromatic rings. The Morgan fingerprint density at radius 2 is 1.16 bits per heavy atom. The molecule has 0 aromatic heterocycles. The fraction of sp³-hybridized carbons (Fsp3) is 0.208. The summed E-state index contributed by atoms with van der Waals surface area (Å²) in [6, 6.07) is 25.7. The molecular formula is C24H20O. The van der Waals surface area contributed by atoms with Crippen LogP contribution in [0.1, 0.15) is 59.1 Å². The van der Waals surface area contributed by atoms with E-state index in [1.165, 1.54) is 33.4 Å². The van der Waals surface area contributed by atoms with Crippen LogP contribution >= 0.6 is 0 Å². The summed E-state index contributed by atoms with van der Waals surface area (Å²) in [5, 5.41) is 0. The second-order valence-corrected chi connectivity index (χ2v) is 7.12. The largest absolute Gasteiger partial charge is 0.298 e. The molecule has 0 fully saturated rings. The number of hydrogen-bond donors (Lipinski definition) is 0. The van der Waals surface area contributed by atoms with Crippen molar-refractivity contribution < 1.29 is 4.79 Å². The highest BCUT2D eigenvalue weighted by atomic mass is 16.1. The quantitative estimate of drug-likeness (QED) is 0.647. The van der Waals surface area contributed by atoms with Gasteiger partial charge in [-0.15, -0.1) is 0 Å². The van der Waals surface area contributed by atoms with Crippen LogP contribution in [0.15, 0.2) is 72.8 Å². The number of carbonyl (C=O) groups excluding carboxylic acids is 1. The Balaban J connectivity index is 1.97. The number of benzene rings is 3. The standard InChI is InChI=1S/C24H20O/c1-2-9-22(25)24-19-13-6-3-10-16(19)23(17-11-4-7-14-20(17)24)18-12-5-8-15-21(18)24/h3-8,10-15,23H,2,9H2,1H3. The van der Waals surface area contributed by atoms with Crippen LogP contribution in [0, 0.1) is 0 Å². The van der Waals surface area contributed by atoms with Crippen molar-refractivity contribution in [3.8, 4) is 0 Å². The Kier molecular flexibility index (Phi) is 3.03. The maximum absolute atomic E-state index is 13.7. The third kappa shape index (κ3) is 1.66. The van der Waals surface area contributed by atoms with Crippen molar-refractivity contribution >= 4 is 5.78 Å². The van der Waals surface area contributed by atoms with Crippen LogP contribution in [0.3, 0.4) is 0 Å². The Morgan fingerprint density at radius 3 is 1.56 bits per heavy atom. The van der Waals surface area contributed by atoms with Gasteiger partial charge in [0.2, 0.25) is 0 Å². The molecule has 6 rings (SSSR count). The average Bonchev–Trinajstić information content (AvgIpc) is 2.67. The molecule has 3 aliphatic rings. The summed E-state index contributed by atoms with van der Waals surface area (Å²) in [4.78, 5) is 13.7. The van der Waals surface area contributed by atoms with Gasteiger partial charge in [0.25, 0.3) is 0 Å². The van der Waals surface area contributed by atoms with E-state index in [9.17, 15) is 4.79 Å². The maximum atomic E-state index is 13.7. The molecule has 0 saturated carbocycles. The fourth-order valence-electron chi connectivity index (χ4n) is 5.07. The zero-order chi connectivity index (χ0) is 17.0. The molecule has 1 heteroatoms. The summed E-state index contributed by atoms with van der Waals surface area (Å²) in [5.41, 5.74) is 6.81. The number of carbonyl (C=O) groups is 1. The van der Waals surface area contributed by atoms with Crippen LogP contribution in [0.5, 0.6) is 0 Å². The van der Waals surface area contributed by atoms with Gasteiger partial charge in [0.1, 0.15) is 5.41 Å². The first-order valence-electron chi connectivity index (χ1n) is 9.11. The lowest BCUT2D eigenvalue weighted by molar-refractivity contribution is -0.122. The Hall–Kier alpha value is -2.67. The summed E-state index contributed by atoms with van der Waals surface area (Å²) in [6.45, 7) is 2.09. The van der Waals surface area contributed by atoms with Crippen LogP contribution in [0.25, 0.3) is 0 Å². The first-order chi connectivity index (χ1) is 12.3. The van der Waals surface area contributed by atoms with Gasteiger partial charge >= 0.3 is 0 Å². The minimum Gasteiger partial charge on any atom is -0.298 e. The summed E-state index contributed by atoms with van der Waals surface area (Å²) >= 11 is 0. The van der Waals surface area contributed by atoms with Gasteiger partial charge in [0, 0.05) is 12.3 Å². The summed E-state index contributed by atoms with van der Waals surface area (Å²) in [7, 11) is 0. The van der Waals surface area contributed by atoms with Crippen LogP contribution in [0.4, 0.5) is 0 Å². The van der Waals surface area contributed by atoms with Crippen molar-refractivity contribution in [2.24, 2.45) is 0 Å². The van der Waals surface area contributed by atoms with Gasteiger partial charge < -0.3 is 0 Å². The highest BCUT2D eigenvalue weighted by Gasteiger charge is 2.54. The van der Waals surface area contributed by atoms with Crippen molar-refractivity contribution in [3.05, 3.63) is 106 Å². The van der Waals surface area contributed by atoms with Gasteiger partial charge in [0.05, 0.1) is 0 Å². The molecule has 0 atom stereocenters. The molecule has 0 unspecified atom stereocenters. The van der Waals surface area contributed by atoms with Crippen molar-refractivity contribution in [1.29, 1.82) is 0 Å². The van der Waals surface area contributed by atoms with Gasteiger partial charge in [0.15, 0.2) is 5.78 Å². The number of ketones is 1. The molecule has 3 aromatic carbocycles. The lowest BCUT2D eigenvalue weighted by Crippen LogP contribution is -2.47. The zero-order valence-electron chi connectivity index (χ0n) is 14.3. The lowest BCUT2D eigenvalue weighted by atomic mass is 9.51. The predicted octanol–water partition coefficient (Wildman–Crippen LogP) is 5.20. The second-order valence-electron chi connectivity index (χ2n) is 7.12. The van der Waals surface area contributed by atoms with Crippen molar-refractivity contribution in [2.75, 3.05) is 0 Å². The Morgan fingerprint density at radius 1 is 0.760 bits per heavy atom. The molecular weight excluding hydrogens is 304 g/mol. The Bertz CT molecular complexity index is 883. The van der Waals surface area contributed by atoms with Gasteiger partial charge in [-0.05, 0) is 39.8 Å². The lowest BCUT2D eigenvalue weighted by Gasteiger charge is -2.49. The van der Waals surface area contributed by atoms with E-state index in [2.05, 4.69) is 79.7 Å². The van der Waals surface area contributed by atoms with Crippen LogP contribution in [0.2, 0.25) is 0 Å². The minimum atomic E-state index is -0.644. The monoisotopic (exact) mass is 324 g/mol. The summed E-state index contributed by atoms with van der Waals surface area (Å²) in [6.07, 6.45) is 1.47. The van der Waals surface area contributed by atoms with Gasteiger partial charge in [-0.25, -0.2) is 0 Å². The van der Waals surface area contributed by atoms with E-state index in [0.717, 1.165) is 6.42 Å². The molecule has 0 spiro atoms. The zero-order valence-corrected chi connectivity index (χ0v) is 14.3. The maximum Gasteiger partial charge on any atom is 0.152 e. The van der Waals surface area contributed by atoms with Crippen LogP contribution < -0.4 is 0 Å². The Labute approximate surface area is 148 Å². The third-order valence-corrected chi connectivity index (χ3v) is 5.92. The van der Waals surface area contributed by atoms with Gasteiger partial charge in [-0.2, -0.15) is 0 Å². The first kappa shape index (κ1) is 14.7. The number of rotatable bonds is 3. The highest BCUT2D eigenvalue weighted by molar-refractivity contribution is 6.01. The van der Waals surface area contributed by atoms with E-state index in [-0.39, 0.29) is 5.92 Å². The normalized spacial score (nSPS) is 22.0. The SMILES string of the molecule is CCCC(=O)C12c3ccccc3C(c3ccccc31)c1ccccc12. The van der Waals surface area contributed by atoms with Gasteiger partial charge in [-0.1, -0.05) is 79.7 Å². The van der Waals surface area contributed by atoms with E-state index < -0.39 is 5.41 Å². The van der Waals surface area contributed by atoms with E-state index in [1.807, 2.05) is 0 Å². The summed E-state index contributed by atoms with van der Waals surface area (Å²) < 4.78 is 0. The van der Waals surface area contributed by atoms with Crippen molar-refractivity contribution in [2.45, 2.75) is 31.1 Å². The second kappa shape index (κ2) is 5.16. The molecule has 0 aliphatic heterocycles. The molecule has 2 bridgehead atoms. The van der Waals surface area contributed by atoms with E-state index >= 15 is 0 Å². The van der Waals surface area contributed by atoms with E-state index in [1.54, 1.807) is 0 Å². The predicted molar refractivity (Wildman–Crippen MR) is 100 cm³/mol. The summed E-state index contributed by atoms with van der Waals surface area (Å²) in [5.74, 6) is 0.556. The fourth-order valence-corrected chi connectivity index (χ4v) is 5.07. The molecule has 122 valence electrons. The molecule has 25 heavy (non-hydrogen) atoms. The molecule has 0 saturated heterocycles. The molecule has 0 heterocycles. The number of hydrogen-bond acceptors (Lipinski definition) is 1. The first-order valence-corrected chi connectivity index (χ1v) is 9.11. The van der Waals surface area contributed by atoms with Crippen LogP contribution in [-0.2, 0) is 10.2 Å². The van der Waals surface area contributed by atoms with E-state index in [0.29, 0.717) is 12.2 Å². The molecule has 0 radical (unpaired) electrons. The molecule has 0 amide bonds. The van der Waals surface area contributed by atoms with Gasteiger partial charge in [-0.3, -0.25) is 4.79 Å². The van der Waals surface area contributed by atoms with E-state index in [4.69, 9.17) is 0 Å². The molecule has 1 nitrogen and oxygen atoms in total. The molecule has 0 N–H and O–H groups in total.